The van der Waals surface area contributed by atoms with Gasteiger partial charge in [-0.05, 0) is 37.1 Å². The molecule has 2 aliphatic rings. The van der Waals surface area contributed by atoms with Crippen LogP contribution in [0.15, 0.2) is 24.3 Å². The molecule has 1 atom stereocenters. The molecule has 2 fully saturated rings. The Kier molecular flexibility index (Phi) is 5.15. The number of anilines is 1. The van der Waals surface area contributed by atoms with Crippen LogP contribution in [-0.2, 0) is 14.4 Å². The molecule has 1 aliphatic carbocycles. The van der Waals surface area contributed by atoms with E-state index in [0.29, 0.717) is 24.3 Å². The van der Waals surface area contributed by atoms with E-state index in [1.807, 2.05) is 0 Å². The lowest BCUT2D eigenvalue weighted by Gasteiger charge is -2.34. The molecule has 0 bridgehead atoms. The number of nitrogens with zero attached hydrogens (tertiary/aromatic N) is 1. The predicted molar refractivity (Wildman–Crippen MR) is 95.0 cm³/mol. The summed E-state index contributed by atoms with van der Waals surface area (Å²) in [6, 6.07) is 7.07. The quantitative estimate of drug-likeness (QED) is 0.837. The van der Waals surface area contributed by atoms with Crippen LogP contribution in [0.2, 0.25) is 0 Å². The Morgan fingerprint density at radius 3 is 2.42 bits per heavy atom. The molecule has 140 valence electrons. The maximum absolute atomic E-state index is 12.7. The number of ether oxygens (including phenoxy) is 1. The Morgan fingerprint density at radius 2 is 1.85 bits per heavy atom. The SMILES string of the molecule is COc1ccc(N2CC(C(=O)NC3(C(=O)O)CCCCC3)CC2=O)cc1. The van der Waals surface area contributed by atoms with E-state index >= 15 is 0 Å². The zero-order valence-corrected chi connectivity index (χ0v) is 14.9. The summed E-state index contributed by atoms with van der Waals surface area (Å²) in [5.74, 6) is -1.32. The minimum Gasteiger partial charge on any atom is -0.497 e. The van der Waals surface area contributed by atoms with Crippen molar-refractivity contribution in [1.29, 1.82) is 0 Å². The number of rotatable bonds is 5. The summed E-state index contributed by atoms with van der Waals surface area (Å²) < 4.78 is 5.11. The molecular weight excluding hydrogens is 336 g/mol. The number of carbonyl (C=O) groups excluding carboxylic acids is 2. The van der Waals surface area contributed by atoms with Crippen molar-refractivity contribution < 1.29 is 24.2 Å². The summed E-state index contributed by atoms with van der Waals surface area (Å²) in [5, 5.41) is 12.4. The number of benzene rings is 1. The van der Waals surface area contributed by atoms with Crippen LogP contribution in [0.1, 0.15) is 38.5 Å². The van der Waals surface area contributed by atoms with E-state index < -0.39 is 17.4 Å². The van der Waals surface area contributed by atoms with Gasteiger partial charge in [0.1, 0.15) is 11.3 Å². The van der Waals surface area contributed by atoms with Crippen molar-refractivity contribution in [2.75, 3.05) is 18.6 Å². The summed E-state index contributed by atoms with van der Waals surface area (Å²) >= 11 is 0. The van der Waals surface area contributed by atoms with Gasteiger partial charge < -0.3 is 20.1 Å². The third-order valence-corrected chi connectivity index (χ3v) is 5.36. The zero-order valence-electron chi connectivity index (χ0n) is 14.9. The molecule has 1 unspecified atom stereocenters. The van der Waals surface area contributed by atoms with E-state index in [0.717, 1.165) is 19.3 Å². The highest BCUT2D eigenvalue weighted by Crippen LogP contribution is 2.31. The second-order valence-corrected chi connectivity index (χ2v) is 7.04. The number of carbonyl (C=O) groups is 3. The average Bonchev–Trinajstić information content (AvgIpc) is 3.04. The highest BCUT2D eigenvalue weighted by Gasteiger charge is 2.44. The van der Waals surface area contributed by atoms with Gasteiger partial charge in [-0.1, -0.05) is 19.3 Å². The van der Waals surface area contributed by atoms with Crippen LogP contribution in [0.25, 0.3) is 0 Å². The molecule has 3 rings (SSSR count). The van der Waals surface area contributed by atoms with E-state index in [-0.39, 0.29) is 24.8 Å². The van der Waals surface area contributed by atoms with E-state index in [1.165, 1.54) is 0 Å². The lowest BCUT2D eigenvalue weighted by Crippen LogP contribution is -2.57. The average molecular weight is 360 g/mol. The van der Waals surface area contributed by atoms with Gasteiger partial charge in [0.2, 0.25) is 11.8 Å². The first kappa shape index (κ1) is 18.2. The molecule has 1 aromatic carbocycles. The lowest BCUT2D eigenvalue weighted by molar-refractivity contribution is -0.149. The maximum Gasteiger partial charge on any atom is 0.329 e. The molecule has 2 amide bonds. The van der Waals surface area contributed by atoms with Crippen molar-refractivity contribution in [3.8, 4) is 5.75 Å². The third kappa shape index (κ3) is 3.52. The molecule has 2 N–H and O–H groups in total. The molecule has 7 heteroatoms. The topological polar surface area (TPSA) is 95.9 Å². The van der Waals surface area contributed by atoms with Gasteiger partial charge in [-0.2, -0.15) is 0 Å². The first-order chi connectivity index (χ1) is 12.4. The van der Waals surface area contributed by atoms with Crippen LogP contribution in [0.5, 0.6) is 5.75 Å². The Hall–Kier alpha value is -2.57. The van der Waals surface area contributed by atoms with Gasteiger partial charge in [-0.3, -0.25) is 9.59 Å². The summed E-state index contributed by atoms with van der Waals surface area (Å²) in [6.07, 6.45) is 3.53. The summed E-state index contributed by atoms with van der Waals surface area (Å²) in [5.41, 5.74) is -0.483. The number of amides is 2. The molecule has 26 heavy (non-hydrogen) atoms. The smallest absolute Gasteiger partial charge is 0.329 e. The van der Waals surface area contributed by atoms with Crippen LogP contribution in [0, 0.1) is 5.92 Å². The van der Waals surface area contributed by atoms with Crippen LogP contribution in [-0.4, -0.2) is 42.1 Å². The van der Waals surface area contributed by atoms with Crippen LogP contribution >= 0.6 is 0 Å². The summed E-state index contributed by atoms with van der Waals surface area (Å²) in [7, 11) is 1.57. The number of methoxy groups -OCH3 is 1. The fourth-order valence-corrected chi connectivity index (χ4v) is 3.78. The van der Waals surface area contributed by atoms with Crippen molar-refractivity contribution in [2.24, 2.45) is 5.92 Å². The van der Waals surface area contributed by atoms with E-state index in [9.17, 15) is 19.5 Å². The van der Waals surface area contributed by atoms with Crippen molar-refractivity contribution in [2.45, 2.75) is 44.1 Å². The number of carboxylic acid groups (broad SMARTS) is 1. The second-order valence-electron chi connectivity index (χ2n) is 7.04. The molecule has 1 saturated carbocycles. The van der Waals surface area contributed by atoms with Crippen LogP contribution < -0.4 is 15.0 Å². The largest absolute Gasteiger partial charge is 0.497 e. The van der Waals surface area contributed by atoms with Crippen molar-refractivity contribution in [1.82, 2.24) is 5.32 Å². The van der Waals surface area contributed by atoms with Crippen LogP contribution in [0.4, 0.5) is 5.69 Å². The van der Waals surface area contributed by atoms with Gasteiger partial charge in [0, 0.05) is 18.7 Å². The highest BCUT2D eigenvalue weighted by atomic mass is 16.5. The molecule has 7 nitrogen and oxygen atoms in total. The fourth-order valence-electron chi connectivity index (χ4n) is 3.78. The van der Waals surface area contributed by atoms with Gasteiger partial charge in [0.25, 0.3) is 0 Å². The fraction of sp³-hybridized carbons (Fsp3) is 0.526. The molecule has 1 heterocycles. The monoisotopic (exact) mass is 360 g/mol. The molecule has 0 aromatic heterocycles. The highest BCUT2D eigenvalue weighted by molar-refractivity contribution is 6.01. The lowest BCUT2D eigenvalue weighted by atomic mass is 9.81. The Morgan fingerprint density at radius 1 is 1.19 bits per heavy atom. The number of carboxylic acids is 1. The van der Waals surface area contributed by atoms with Gasteiger partial charge in [-0.15, -0.1) is 0 Å². The third-order valence-electron chi connectivity index (χ3n) is 5.36. The number of aliphatic carboxylic acids is 1. The Balaban J connectivity index is 1.69. The van der Waals surface area contributed by atoms with Crippen molar-refractivity contribution in [3.05, 3.63) is 24.3 Å². The number of hydrogen-bond donors (Lipinski definition) is 2. The zero-order chi connectivity index (χ0) is 18.7. The Bertz CT molecular complexity index is 694. The molecule has 1 aromatic rings. The van der Waals surface area contributed by atoms with E-state index in [2.05, 4.69) is 5.32 Å². The summed E-state index contributed by atoms with van der Waals surface area (Å²) in [4.78, 5) is 38.3. The van der Waals surface area contributed by atoms with Crippen molar-refractivity contribution >= 4 is 23.5 Å². The molecule has 1 aliphatic heterocycles. The first-order valence-electron chi connectivity index (χ1n) is 8.95. The summed E-state index contributed by atoms with van der Waals surface area (Å²) in [6.45, 7) is 0.257. The number of hydrogen-bond acceptors (Lipinski definition) is 4. The maximum atomic E-state index is 12.7. The van der Waals surface area contributed by atoms with Gasteiger partial charge in [-0.25, -0.2) is 4.79 Å². The first-order valence-corrected chi connectivity index (χ1v) is 8.95. The molecule has 0 radical (unpaired) electrons. The molecule has 1 saturated heterocycles. The van der Waals surface area contributed by atoms with Gasteiger partial charge >= 0.3 is 5.97 Å². The minimum atomic E-state index is -1.19. The van der Waals surface area contributed by atoms with Crippen LogP contribution in [0.3, 0.4) is 0 Å². The van der Waals surface area contributed by atoms with Gasteiger partial charge in [0.05, 0.1) is 13.0 Å². The van der Waals surface area contributed by atoms with E-state index in [1.54, 1.807) is 36.3 Å². The molecule has 0 spiro atoms. The molecular formula is C19H24N2O5. The van der Waals surface area contributed by atoms with Crippen molar-refractivity contribution in [3.63, 3.8) is 0 Å². The van der Waals surface area contributed by atoms with E-state index in [4.69, 9.17) is 4.74 Å². The standard InChI is InChI=1S/C19H24N2O5/c1-26-15-7-5-14(6-8-15)21-12-13(11-16(21)22)17(23)20-19(18(24)25)9-3-2-4-10-19/h5-8,13H,2-4,9-12H2,1H3,(H,20,23)(H,24,25). The Labute approximate surface area is 152 Å². The normalized spacial score (nSPS) is 22.1. The predicted octanol–water partition coefficient (Wildman–Crippen LogP) is 1.95. The van der Waals surface area contributed by atoms with Gasteiger partial charge in [0.15, 0.2) is 0 Å². The second kappa shape index (κ2) is 7.35. The number of nitrogens with one attached hydrogen (secondary N) is 1. The minimum absolute atomic E-state index is 0.0908.